The largest absolute Gasteiger partial charge is 0.311 e. The van der Waals surface area contributed by atoms with Crippen molar-refractivity contribution in [2.24, 2.45) is 5.92 Å². The Bertz CT molecular complexity index is 114. The molecule has 1 fully saturated rings. The van der Waals surface area contributed by atoms with Gasteiger partial charge in [0.1, 0.15) is 0 Å². The van der Waals surface area contributed by atoms with Crippen molar-refractivity contribution in [3.05, 3.63) is 0 Å². The van der Waals surface area contributed by atoms with E-state index >= 15 is 0 Å². The molecule has 0 aromatic carbocycles. The fraction of sp³-hybridized carbons (Fsp3) is 1.00. The summed E-state index contributed by atoms with van der Waals surface area (Å²) >= 11 is 0. The van der Waals surface area contributed by atoms with Gasteiger partial charge in [0.15, 0.2) is 0 Å². The standard InChI is InChI=1S/C7H13F2N/c1-2-6-3-7(8,9)5-10-4-6/h6,10H,2-5H2,1H3/t6-/m0/s1. The summed E-state index contributed by atoms with van der Waals surface area (Å²) in [6, 6.07) is 0. The molecular weight excluding hydrogens is 136 g/mol. The predicted octanol–water partition coefficient (Wildman–Crippen LogP) is 1.64. The van der Waals surface area contributed by atoms with Crippen molar-refractivity contribution in [3.63, 3.8) is 0 Å². The summed E-state index contributed by atoms with van der Waals surface area (Å²) in [5.74, 6) is -2.29. The summed E-state index contributed by atoms with van der Waals surface area (Å²) in [5, 5.41) is 2.73. The van der Waals surface area contributed by atoms with Gasteiger partial charge in [0.2, 0.25) is 0 Å². The lowest BCUT2D eigenvalue weighted by molar-refractivity contribution is -0.0396. The molecule has 0 unspecified atom stereocenters. The molecule has 1 heterocycles. The van der Waals surface area contributed by atoms with Gasteiger partial charge in [-0.15, -0.1) is 0 Å². The Hall–Kier alpha value is -0.180. The van der Waals surface area contributed by atoms with E-state index in [4.69, 9.17) is 0 Å². The molecule has 1 N–H and O–H groups in total. The third-order valence-electron chi connectivity index (χ3n) is 1.98. The molecule has 10 heavy (non-hydrogen) atoms. The van der Waals surface area contributed by atoms with E-state index in [1.54, 1.807) is 0 Å². The Morgan fingerprint density at radius 2 is 2.30 bits per heavy atom. The second kappa shape index (κ2) is 2.82. The lowest BCUT2D eigenvalue weighted by atomic mass is 9.95. The first-order valence-corrected chi connectivity index (χ1v) is 3.72. The van der Waals surface area contributed by atoms with Crippen LogP contribution in [0.4, 0.5) is 8.78 Å². The molecule has 1 aliphatic heterocycles. The van der Waals surface area contributed by atoms with Crippen molar-refractivity contribution < 1.29 is 8.78 Å². The fourth-order valence-electron chi connectivity index (χ4n) is 1.31. The highest BCUT2D eigenvalue weighted by molar-refractivity contribution is 4.80. The molecule has 60 valence electrons. The summed E-state index contributed by atoms with van der Waals surface area (Å²) in [6.45, 7) is 2.57. The monoisotopic (exact) mass is 149 g/mol. The van der Waals surface area contributed by atoms with Crippen molar-refractivity contribution in [2.45, 2.75) is 25.7 Å². The lowest BCUT2D eigenvalue weighted by Crippen LogP contribution is -2.43. The molecule has 1 saturated heterocycles. The van der Waals surface area contributed by atoms with Crippen molar-refractivity contribution in [1.82, 2.24) is 5.32 Å². The van der Waals surface area contributed by atoms with Crippen molar-refractivity contribution in [1.29, 1.82) is 0 Å². The molecule has 1 nitrogen and oxygen atoms in total. The zero-order valence-electron chi connectivity index (χ0n) is 6.16. The highest BCUT2D eigenvalue weighted by atomic mass is 19.3. The number of hydrogen-bond acceptors (Lipinski definition) is 1. The van der Waals surface area contributed by atoms with Crippen LogP contribution in [0, 0.1) is 5.92 Å². The van der Waals surface area contributed by atoms with E-state index < -0.39 is 5.92 Å². The van der Waals surface area contributed by atoms with E-state index in [0.717, 1.165) is 13.0 Å². The quantitative estimate of drug-likeness (QED) is 0.597. The van der Waals surface area contributed by atoms with Gasteiger partial charge in [0.25, 0.3) is 5.92 Å². The van der Waals surface area contributed by atoms with E-state index in [9.17, 15) is 8.78 Å². The Balaban J connectivity index is 2.40. The number of halogens is 2. The topological polar surface area (TPSA) is 12.0 Å². The van der Waals surface area contributed by atoms with Gasteiger partial charge in [-0.05, 0) is 12.5 Å². The van der Waals surface area contributed by atoms with E-state index in [-0.39, 0.29) is 18.9 Å². The van der Waals surface area contributed by atoms with Crippen LogP contribution in [0.1, 0.15) is 19.8 Å². The number of nitrogens with one attached hydrogen (secondary N) is 1. The molecule has 0 aromatic heterocycles. The summed E-state index contributed by atoms with van der Waals surface area (Å²) in [4.78, 5) is 0. The number of alkyl halides is 2. The zero-order chi connectivity index (χ0) is 7.61. The molecule has 0 radical (unpaired) electrons. The van der Waals surface area contributed by atoms with Crippen molar-refractivity contribution >= 4 is 0 Å². The molecule has 0 saturated carbocycles. The first kappa shape index (κ1) is 7.92. The predicted molar refractivity (Wildman–Crippen MR) is 36.2 cm³/mol. The molecule has 1 atom stereocenters. The van der Waals surface area contributed by atoms with Gasteiger partial charge in [0.05, 0.1) is 6.54 Å². The minimum Gasteiger partial charge on any atom is -0.311 e. The van der Waals surface area contributed by atoms with Crippen LogP contribution >= 0.6 is 0 Å². The van der Waals surface area contributed by atoms with Gasteiger partial charge in [0, 0.05) is 6.42 Å². The third-order valence-corrected chi connectivity index (χ3v) is 1.98. The minimum absolute atomic E-state index is 0.0660. The third kappa shape index (κ3) is 1.90. The molecule has 0 bridgehead atoms. The molecule has 1 aliphatic rings. The molecule has 3 heteroatoms. The van der Waals surface area contributed by atoms with Gasteiger partial charge in [-0.2, -0.15) is 0 Å². The first-order chi connectivity index (χ1) is 4.64. The molecule has 1 rings (SSSR count). The molecular formula is C7H13F2N. The van der Waals surface area contributed by atoms with Crippen molar-refractivity contribution in [2.75, 3.05) is 13.1 Å². The maximum Gasteiger partial charge on any atom is 0.260 e. The lowest BCUT2D eigenvalue weighted by Gasteiger charge is -2.28. The van der Waals surface area contributed by atoms with Gasteiger partial charge in [-0.25, -0.2) is 8.78 Å². The molecule has 0 amide bonds. The van der Waals surface area contributed by atoms with E-state index in [1.807, 2.05) is 6.92 Å². The average molecular weight is 149 g/mol. The fourth-order valence-corrected chi connectivity index (χ4v) is 1.31. The highest BCUT2D eigenvalue weighted by Crippen LogP contribution is 2.27. The zero-order valence-corrected chi connectivity index (χ0v) is 6.16. The highest BCUT2D eigenvalue weighted by Gasteiger charge is 2.35. The maximum atomic E-state index is 12.6. The number of piperidine rings is 1. The average Bonchev–Trinajstić information content (AvgIpc) is 1.86. The second-order valence-electron chi connectivity index (χ2n) is 2.97. The Morgan fingerprint density at radius 3 is 2.70 bits per heavy atom. The maximum absolute atomic E-state index is 12.6. The van der Waals surface area contributed by atoms with Crippen LogP contribution < -0.4 is 5.32 Å². The smallest absolute Gasteiger partial charge is 0.260 e. The van der Waals surface area contributed by atoms with Gasteiger partial charge >= 0.3 is 0 Å². The van der Waals surface area contributed by atoms with E-state index in [0.29, 0.717) is 0 Å². The van der Waals surface area contributed by atoms with Crippen LogP contribution in [0.3, 0.4) is 0 Å². The van der Waals surface area contributed by atoms with Crippen LogP contribution in [0.2, 0.25) is 0 Å². The summed E-state index contributed by atoms with van der Waals surface area (Å²) in [7, 11) is 0. The Labute approximate surface area is 59.8 Å². The van der Waals surface area contributed by atoms with Crippen LogP contribution in [0.25, 0.3) is 0 Å². The van der Waals surface area contributed by atoms with E-state index in [2.05, 4.69) is 5.32 Å². The van der Waals surface area contributed by atoms with Gasteiger partial charge in [-0.1, -0.05) is 13.3 Å². The Morgan fingerprint density at radius 1 is 1.60 bits per heavy atom. The number of rotatable bonds is 1. The van der Waals surface area contributed by atoms with Crippen LogP contribution in [-0.4, -0.2) is 19.0 Å². The second-order valence-corrected chi connectivity index (χ2v) is 2.97. The normalized spacial score (nSPS) is 32.1. The Kier molecular flexibility index (Phi) is 2.24. The summed E-state index contributed by atoms with van der Waals surface area (Å²) in [6.07, 6.45) is 0.916. The minimum atomic E-state index is -2.46. The molecule has 0 aromatic rings. The molecule has 0 spiro atoms. The van der Waals surface area contributed by atoms with Crippen LogP contribution in [0.15, 0.2) is 0 Å². The van der Waals surface area contributed by atoms with Gasteiger partial charge < -0.3 is 5.32 Å². The number of hydrogen-bond donors (Lipinski definition) is 1. The van der Waals surface area contributed by atoms with Crippen LogP contribution in [0.5, 0.6) is 0 Å². The summed E-state index contributed by atoms with van der Waals surface area (Å²) < 4.78 is 25.2. The summed E-state index contributed by atoms with van der Waals surface area (Å²) in [5.41, 5.74) is 0. The SMILES string of the molecule is CC[C@@H]1CNCC(F)(F)C1. The molecule has 0 aliphatic carbocycles. The van der Waals surface area contributed by atoms with Crippen molar-refractivity contribution in [3.8, 4) is 0 Å². The van der Waals surface area contributed by atoms with Gasteiger partial charge in [-0.3, -0.25) is 0 Å². The van der Waals surface area contributed by atoms with Crippen LogP contribution in [-0.2, 0) is 0 Å². The van der Waals surface area contributed by atoms with E-state index in [1.165, 1.54) is 0 Å². The first-order valence-electron chi connectivity index (χ1n) is 3.72.